The van der Waals surface area contributed by atoms with Gasteiger partial charge in [-0.3, -0.25) is 4.79 Å². The molecule has 1 aliphatic rings. The fourth-order valence-corrected chi connectivity index (χ4v) is 2.30. The smallest absolute Gasteiger partial charge is 0.309 e. The lowest BCUT2D eigenvalue weighted by Crippen LogP contribution is -2.36. The average molecular weight is 332 g/mol. The number of hydrogen-bond donors (Lipinski definition) is 2. The molecular formula is C12H12F4N6O. The predicted octanol–water partition coefficient (Wildman–Crippen LogP) is 1.09. The van der Waals surface area contributed by atoms with Crippen molar-refractivity contribution in [2.24, 2.45) is 0 Å². The van der Waals surface area contributed by atoms with Crippen molar-refractivity contribution in [3.05, 3.63) is 17.6 Å². The van der Waals surface area contributed by atoms with Crippen LogP contribution in [0.5, 0.6) is 0 Å². The number of rotatable bonds is 2. The largest absolute Gasteiger partial charge is 0.453 e. The van der Waals surface area contributed by atoms with Gasteiger partial charge >= 0.3 is 6.18 Å². The van der Waals surface area contributed by atoms with Gasteiger partial charge in [0.15, 0.2) is 0 Å². The number of aromatic nitrogens is 4. The lowest BCUT2D eigenvalue weighted by atomic mass is 10.2. The van der Waals surface area contributed by atoms with Crippen molar-refractivity contribution in [2.75, 3.05) is 11.9 Å². The summed E-state index contributed by atoms with van der Waals surface area (Å²) in [5, 5.41) is 8.46. The minimum atomic E-state index is -4.72. The lowest BCUT2D eigenvalue weighted by Gasteiger charge is -2.11. The number of anilines is 1. The van der Waals surface area contributed by atoms with Gasteiger partial charge in [0, 0.05) is 24.7 Å². The van der Waals surface area contributed by atoms with Gasteiger partial charge in [-0.15, -0.1) is 5.10 Å². The van der Waals surface area contributed by atoms with Crippen LogP contribution in [-0.2, 0) is 11.0 Å². The zero-order chi connectivity index (χ0) is 16.8. The lowest BCUT2D eigenvalue weighted by molar-refractivity contribution is -0.144. The van der Waals surface area contributed by atoms with Crippen molar-refractivity contribution < 1.29 is 22.4 Å². The fraction of sp³-hybridized carbons (Fsp3) is 0.500. The summed E-state index contributed by atoms with van der Waals surface area (Å²) in [5.41, 5.74) is 0.358. The van der Waals surface area contributed by atoms with Gasteiger partial charge in [-0.1, -0.05) is 0 Å². The summed E-state index contributed by atoms with van der Waals surface area (Å²) in [4.78, 5) is 19.2. The molecule has 2 unspecified atom stereocenters. The highest BCUT2D eigenvalue weighted by Gasteiger charge is 2.37. The normalized spacial score (nSPS) is 21.8. The van der Waals surface area contributed by atoms with Crippen molar-refractivity contribution in [2.45, 2.75) is 31.7 Å². The fourth-order valence-electron chi connectivity index (χ4n) is 2.30. The summed E-state index contributed by atoms with van der Waals surface area (Å²) in [7, 11) is 0. The molecule has 0 saturated carbocycles. The highest BCUT2D eigenvalue weighted by molar-refractivity contribution is 5.94. The van der Waals surface area contributed by atoms with Gasteiger partial charge in [-0.2, -0.15) is 22.7 Å². The van der Waals surface area contributed by atoms with E-state index in [1.807, 2.05) is 0 Å². The monoisotopic (exact) mass is 332 g/mol. The van der Waals surface area contributed by atoms with Crippen molar-refractivity contribution in [1.82, 2.24) is 24.9 Å². The molecule has 3 heterocycles. The first kappa shape index (κ1) is 15.6. The third-order valence-electron chi connectivity index (χ3n) is 3.34. The minimum absolute atomic E-state index is 0.00417. The van der Waals surface area contributed by atoms with Crippen LogP contribution >= 0.6 is 0 Å². The van der Waals surface area contributed by atoms with Crippen LogP contribution in [0.1, 0.15) is 17.9 Å². The highest BCUT2D eigenvalue weighted by atomic mass is 19.4. The molecule has 1 fully saturated rings. The summed E-state index contributed by atoms with van der Waals surface area (Å²) >= 11 is 0. The zero-order valence-electron chi connectivity index (χ0n) is 11.9. The van der Waals surface area contributed by atoms with Crippen LogP contribution < -0.4 is 10.6 Å². The maximum atomic E-state index is 13.1. The van der Waals surface area contributed by atoms with E-state index < -0.39 is 30.1 Å². The third-order valence-corrected chi connectivity index (χ3v) is 3.34. The van der Waals surface area contributed by atoms with E-state index in [2.05, 4.69) is 25.7 Å². The average Bonchev–Trinajstić information content (AvgIpc) is 3.04. The number of amides is 1. The number of nitrogens with zero attached hydrogens (tertiary/aromatic N) is 4. The van der Waals surface area contributed by atoms with Crippen LogP contribution in [0.3, 0.4) is 0 Å². The Bertz CT molecular complexity index is 758. The molecule has 0 spiro atoms. The number of carbonyl (C=O) groups is 1. The topological polar surface area (TPSA) is 84.2 Å². The van der Waals surface area contributed by atoms with Gasteiger partial charge in [0.25, 0.3) is 11.6 Å². The Kier molecular flexibility index (Phi) is 3.66. The van der Waals surface area contributed by atoms with Crippen LogP contribution in [0.25, 0.3) is 5.78 Å². The van der Waals surface area contributed by atoms with E-state index in [9.17, 15) is 22.4 Å². The summed E-state index contributed by atoms with van der Waals surface area (Å²) in [6.07, 6.45) is -5.85. The van der Waals surface area contributed by atoms with Crippen LogP contribution in [0, 0.1) is 6.92 Å². The number of nitrogens with one attached hydrogen (secondary N) is 2. The minimum Gasteiger partial charge on any atom is -0.309 e. The molecule has 2 N–H and O–H groups in total. The molecule has 1 amide bonds. The van der Waals surface area contributed by atoms with Crippen LogP contribution in [0.15, 0.2) is 6.07 Å². The number of carbonyl (C=O) groups excluding carboxylic acids is 1. The number of fused-ring (bicyclic) bond motifs is 1. The van der Waals surface area contributed by atoms with Crippen molar-refractivity contribution in [3.63, 3.8) is 0 Å². The molecule has 0 aliphatic carbocycles. The molecule has 1 aliphatic heterocycles. The zero-order valence-corrected chi connectivity index (χ0v) is 11.9. The molecule has 11 heteroatoms. The quantitative estimate of drug-likeness (QED) is 0.805. The van der Waals surface area contributed by atoms with Crippen molar-refractivity contribution >= 4 is 17.5 Å². The Labute approximate surface area is 127 Å². The first-order valence-corrected chi connectivity index (χ1v) is 6.74. The molecule has 7 nitrogen and oxygen atoms in total. The summed E-state index contributed by atoms with van der Waals surface area (Å²) < 4.78 is 52.0. The predicted molar refractivity (Wildman–Crippen MR) is 70.5 cm³/mol. The Morgan fingerprint density at radius 1 is 1.43 bits per heavy atom. The van der Waals surface area contributed by atoms with E-state index in [4.69, 9.17) is 0 Å². The van der Waals surface area contributed by atoms with Gasteiger partial charge in [0.2, 0.25) is 5.91 Å². The van der Waals surface area contributed by atoms with Gasteiger partial charge in [0.1, 0.15) is 12.0 Å². The first-order valence-electron chi connectivity index (χ1n) is 6.74. The molecular weight excluding hydrogens is 320 g/mol. The number of hydrogen-bond acceptors (Lipinski definition) is 5. The van der Waals surface area contributed by atoms with E-state index in [0.29, 0.717) is 5.69 Å². The summed E-state index contributed by atoms with van der Waals surface area (Å²) in [6.45, 7) is 1.60. The Morgan fingerprint density at radius 3 is 2.78 bits per heavy atom. The summed E-state index contributed by atoms with van der Waals surface area (Å²) in [6, 6.07) is 0.612. The van der Waals surface area contributed by atoms with E-state index in [1.54, 1.807) is 6.92 Å². The van der Waals surface area contributed by atoms with Gasteiger partial charge < -0.3 is 10.6 Å². The second kappa shape index (κ2) is 5.41. The standard InChI is InChI=1S/C12H12F4N6O/c1-5-2-8(19-9(23)7-3-6(13)4-17-7)22-11(18-5)20-10(21-22)12(14,15)16/h2,6-7,17H,3-4H2,1H3,(H,19,23). The van der Waals surface area contributed by atoms with Crippen LogP contribution in [0.4, 0.5) is 23.4 Å². The Hall–Kier alpha value is -2.30. The van der Waals surface area contributed by atoms with E-state index >= 15 is 0 Å². The maximum Gasteiger partial charge on any atom is 0.453 e. The molecule has 2 aromatic heterocycles. The van der Waals surface area contributed by atoms with Crippen molar-refractivity contribution in [3.8, 4) is 0 Å². The second-order valence-electron chi connectivity index (χ2n) is 5.21. The van der Waals surface area contributed by atoms with Crippen LogP contribution in [0.2, 0.25) is 0 Å². The molecule has 2 atom stereocenters. The Morgan fingerprint density at radius 2 is 2.17 bits per heavy atom. The maximum absolute atomic E-state index is 13.1. The van der Waals surface area contributed by atoms with E-state index in [1.165, 1.54) is 6.07 Å². The second-order valence-corrected chi connectivity index (χ2v) is 5.21. The number of halogens is 4. The van der Waals surface area contributed by atoms with Gasteiger partial charge in [0.05, 0.1) is 6.04 Å². The molecule has 0 radical (unpaired) electrons. The van der Waals surface area contributed by atoms with Gasteiger partial charge in [-0.05, 0) is 6.92 Å². The molecule has 124 valence electrons. The Balaban J connectivity index is 1.93. The molecule has 23 heavy (non-hydrogen) atoms. The number of alkyl halides is 4. The third kappa shape index (κ3) is 3.09. The molecule has 0 aromatic carbocycles. The highest BCUT2D eigenvalue weighted by Crippen LogP contribution is 2.27. The van der Waals surface area contributed by atoms with Crippen LogP contribution in [-0.4, -0.2) is 44.2 Å². The van der Waals surface area contributed by atoms with E-state index in [0.717, 1.165) is 4.52 Å². The summed E-state index contributed by atoms with van der Waals surface area (Å²) in [5.74, 6) is -2.20. The molecule has 3 rings (SSSR count). The molecule has 1 saturated heterocycles. The van der Waals surface area contributed by atoms with Gasteiger partial charge in [-0.25, -0.2) is 9.37 Å². The SMILES string of the molecule is Cc1cc(NC(=O)C2CC(F)CN2)n2nc(C(F)(F)F)nc2n1. The van der Waals surface area contributed by atoms with Crippen molar-refractivity contribution in [1.29, 1.82) is 0 Å². The molecule has 0 bridgehead atoms. The number of aryl methyl sites for hydroxylation is 1. The molecule has 2 aromatic rings. The van der Waals surface area contributed by atoms with E-state index in [-0.39, 0.29) is 24.6 Å². The first-order chi connectivity index (χ1) is 10.7.